The molecule has 0 aromatic rings. The second-order valence-corrected chi connectivity index (χ2v) is 7.04. The molecule has 0 spiro atoms. The molecular weight excluding hydrogens is 258 g/mol. The Hall–Kier alpha value is -0.260. The van der Waals surface area contributed by atoms with Crippen LogP contribution in [0.2, 0.25) is 0 Å². The Morgan fingerprint density at radius 2 is 1.79 bits per heavy atom. The molecule has 1 amide bonds. The summed E-state index contributed by atoms with van der Waals surface area (Å²) < 4.78 is 0. The second-order valence-electron chi connectivity index (χ2n) is 5.81. The van der Waals surface area contributed by atoms with Gasteiger partial charge in [0, 0.05) is 32.2 Å². The van der Waals surface area contributed by atoms with E-state index >= 15 is 0 Å². The van der Waals surface area contributed by atoms with E-state index in [0.717, 1.165) is 39.1 Å². The van der Waals surface area contributed by atoms with Gasteiger partial charge in [0.2, 0.25) is 5.91 Å². The fourth-order valence-corrected chi connectivity index (χ4v) is 4.69. The number of likely N-dealkylation sites (tertiary alicyclic amines) is 1. The van der Waals surface area contributed by atoms with E-state index in [1.54, 1.807) is 0 Å². The lowest BCUT2D eigenvalue weighted by atomic mass is 10.1. The van der Waals surface area contributed by atoms with E-state index in [-0.39, 0.29) is 6.04 Å². The molecule has 3 rings (SSSR count). The summed E-state index contributed by atoms with van der Waals surface area (Å²) in [5, 5.41) is 3.32. The maximum atomic E-state index is 12.7. The van der Waals surface area contributed by atoms with Gasteiger partial charge in [-0.15, -0.1) is 0 Å². The number of carbonyl (C=O) groups is 1. The van der Waals surface area contributed by atoms with Gasteiger partial charge >= 0.3 is 0 Å². The van der Waals surface area contributed by atoms with Gasteiger partial charge in [-0.05, 0) is 43.7 Å². The van der Waals surface area contributed by atoms with Crippen molar-refractivity contribution in [3.8, 4) is 0 Å². The minimum absolute atomic E-state index is 0.186. The standard InChI is InChI=1S/C14H25N3OS/c18-14(16-8-5-15-6-9-16)13-2-1-7-17(13)12-3-10-19-11-4-12/h12-13,15H,1-11H2. The predicted octanol–water partition coefficient (Wildman–Crippen LogP) is 0.778. The molecule has 0 radical (unpaired) electrons. The van der Waals surface area contributed by atoms with E-state index < -0.39 is 0 Å². The summed E-state index contributed by atoms with van der Waals surface area (Å²) >= 11 is 2.06. The number of rotatable bonds is 2. The van der Waals surface area contributed by atoms with Crippen LogP contribution in [0.15, 0.2) is 0 Å². The van der Waals surface area contributed by atoms with Crippen molar-refractivity contribution in [1.82, 2.24) is 15.1 Å². The number of amides is 1. The molecule has 1 N–H and O–H groups in total. The van der Waals surface area contributed by atoms with Gasteiger partial charge in [0.25, 0.3) is 0 Å². The third-order valence-corrected chi connectivity index (χ3v) is 5.72. The molecule has 0 saturated carbocycles. The lowest BCUT2D eigenvalue weighted by molar-refractivity contribution is -0.137. The zero-order valence-corrected chi connectivity index (χ0v) is 12.5. The molecule has 4 nitrogen and oxygen atoms in total. The summed E-state index contributed by atoms with van der Waals surface area (Å²) in [6.07, 6.45) is 4.82. The summed E-state index contributed by atoms with van der Waals surface area (Å²) in [5.41, 5.74) is 0. The van der Waals surface area contributed by atoms with Gasteiger partial charge in [-0.25, -0.2) is 0 Å². The number of thioether (sulfide) groups is 1. The lowest BCUT2D eigenvalue weighted by Crippen LogP contribution is -2.54. The van der Waals surface area contributed by atoms with Crippen LogP contribution < -0.4 is 5.32 Å². The van der Waals surface area contributed by atoms with E-state index in [2.05, 4.69) is 26.9 Å². The van der Waals surface area contributed by atoms with Crippen molar-refractivity contribution in [1.29, 1.82) is 0 Å². The molecule has 5 heteroatoms. The topological polar surface area (TPSA) is 35.6 Å². The summed E-state index contributed by atoms with van der Waals surface area (Å²) in [6, 6.07) is 0.854. The molecule has 19 heavy (non-hydrogen) atoms. The van der Waals surface area contributed by atoms with Gasteiger partial charge in [-0.2, -0.15) is 11.8 Å². The molecule has 0 aliphatic carbocycles. The number of nitrogens with one attached hydrogen (secondary N) is 1. The second kappa shape index (κ2) is 6.46. The van der Waals surface area contributed by atoms with E-state index in [1.807, 2.05) is 0 Å². The van der Waals surface area contributed by atoms with Crippen LogP contribution in [0.4, 0.5) is 0 Å². The monoisotopic (exact) mass is 283 g/mol. The molecule has 0 bridgehead atoms. The Morgan fingerprint density at radius 3 is 2.53 bits per heavy atom. The Morgan fingerprint density at radius 1 is 1.05 bits per heavy atom. The van der Waals surface area contributed by atoms with Crippen molar-refractivity contribution in [2.24, 2.45) is 0 Å². The van der Waals surface area contributed by atoms with Crippen LogP contribution in [-0.2, 0) is 4.79 Å². The SMILES string of the molecule is O=C(C1CCCN1C1CCSCC1)N1CCNCC1. The molecule has 3 heterocycles. The third-order valence-electron chi connectivity index (χ3n) is 4.67. The Labute approximate surface area is 120 Å². The molecule has 0 aromatic heterocycles. The average Bonchev–Trinajstić information content (AvgIpc) is 2.98. The van der Waals surface area contributed by atoms with Crippen molar-refractivity contribution in [3.63, 3.8) is 0 Å². The maximum absolute atomic E-state index is 12.7. The van der Waals surface area contributed by atoms with Crippen LogP contribution in [0.1, 0.15) is 25.7 Å². The molecule has 3 fully saturated rings. The summed E-state index contributed by atoms with van der Waals surface area (Å²) in [4.78, 5) is 17.3. The number of carbonyl (C=O) groups excluding carboxylic acids is 1. The molecule has 1 unspecified atom stereocenters. The third kappa shape index (κ3) is 3.09. The maximum Gasteiger partial charge on any atom is 0.240 e. The highest BCUT2D eigenvalue weighted by atomic mass is 32.2. The van der Waals surface area contributed by atoms with Gasteiger partial charge in [0.1, 0.15) is 0 Å². The Bertz CT molecular complexity index is 314. The molecule has 108 valence electrons. The fourth-order valence-electron chi connectivity index (χ4n) is 3.60. The largest absolute Gasteiger partial charge is 0.339 e. The lowest BCUT2D eigenvalue weighted by Gasteiger charge is -2.37. The van der Waals surface area contributed by atoms with Gasteiger partial charge < -0.3 is 10.2 Å². The average molecular weight is 283 g/mol. The minimum atomic E-state index is 0.186. The first kappa shape index (κ1) is 13.7. The van der Waals surface area contributed by atoms with E-state index in [1.165, 1.54) is 30.8 Å². The van der Waals surface area contributed by atoms with Crippen LogP contribution in [-0.4, -0.2) is 72.0 Å². The summed E-state index contributed by atoms with van der Waals surface area (Å²) in [5.74, 6) is 2.95. The smallest absolute Gasteiger partial charge is 0.240 e. The van der Waals surface area contributed by atoms with E-state index in [4.69, 9.17) is 0 Å². The van der Waals surface area contributed by atoms with E-state index in [0.29, 0.717) is 11.9 Å². The van der Waals surface area contributed by atoms with Crippen LogP contribution in [0.25, 0.3) is 0 Å². The molecule has 3 aliphatic heterocycles. The number of hydrogen-bond donors (Lipinski definition) is 1. The molecular formula is C14H25N3OS. The minimum Gasteiger partial charge on any atom is -0.339 e. The van der Waals surface area contributed by atoms with Gasteiger partial charge in [0.15, 0.2) is 0 Å². The van der Waals surface area contributed by atoms with Crippen LogP contribution in [0.5, 0.6) is 0 Å². The highest BCUT2D eigenvalue weighted by molar-refractivity contribution is 7.99. The quantitative estimate of drug-likeness (QED) is 0.812. The summed E-state index contributed by atoms with van der Waals surface area (Å²) in [6.45, 7) is 4.84. The number of nitrogens with zero attached hydrogens (tertiary/aromatic N) is 2. The first-order valence-electron chi connectivity index (χ1n) is 7.69. The normalized spacial score (nSPS) is 30.7. The van der Waals surface area contributed by atoms with Gasteiger partial charge in [-0.3, -0.25) is 9.69 Å². The van der Waals surface area contributed by atoms with Crippen molar-refractivity contribution in [3.05, 3.63) is 0 Å². The fraction of sp³-hybridized carbons (Fsp3) is 0.929. The van der Waals surface area contributed by atoms with Crippen LogP contribution >= 0.6 is 11.8 Å². The highest BCUT2D eigenvalue weighted by Gasteiger charge is 2.37. The molecule has 3 saturated heterocycles. The summed E-state index contributed by atoms with van der Waals surface area (Å²) in [7, 11) is 0. The molecule has 0 aromatic carbocycles. The first-order valence-corrected chi connectivity index (χ1v) is 8.85. The number of hydrogen-bond acceptors (Lipinski definition) is 4. The predicted molar refractivity (Wildman–Crippen MR) is 79.5 cm³/mol. The zero-order chi connectivity index (χ0) is 13.1. The molecule has 3 aliphatic rings. The zero-order valence-electron chi connectivity index (χ0n) is 11.6. The van der Waals surface area contributed by atoms with Crippen molar-refractivity contribution >= 4 is 17.7 Å². The molecule has 1 atom stereocenters. The highest BCUT2D eigenvalue weighted by Crippen LogP contribution is 2.29. The van der Waals surface area contributed by atoms with Gasteiger partial charge in [-0.1, -0.05) is 0 Å². The van der Waals surface area contributed by atoms with Crippen LogP contribution in [0.3, 0.4) is 0 Å². The van der Waals surface area contributed by atoms with Gasteiger partial charge in [0.05, 0.1) is 6.04 Å². The van der Waals surface area contributed by atoms with Crippen LogP contribution in [0, 0.1) is 0 Å². The van der Waals surface area contributed by atoms with E-state index in [9.17, 15) is 4.79 Å². The van der Waals surface area contributed by atoms with Crippen molar-refractivity contribution in [2.45, 2.75) is 37.8 Å². The first-order chi connectivity index (χ1) is 9.36. The number of piperazine rings is 1. The van der Waals surface area contributed by atoms with Crippen molar-refractivity contribution < 1.29 is 4.79 Å². The van der Waals surface area contributed by atoms with Crippen molar-refractivity contribution in [2.75, 3.05) is 44.2 Å². The Balaban J connectivity index is 1.62. The Kier molecular flexibility index (Phi) is 4.66.